The van der Waals surface area contributed by atoms with Crippen LogP contribution in [0.2, 0.25) is 0 Å². The summed E-state index contributed by atoms with van der Waals surface area (Å²) in [5, 5.41) is 12.5. The third-order valence-electron chi connectivity index (χ3n) is 3.35. The highest BCUT2D eigenvalue weighted by atomic mass is 16.3. The van der Waals surface area contributed by atoms with Crippen molar-refractivity contribution in [3.05, 3.63) is 33.7 Å². The number of aromatic nitrogens is 1. The zero-order chi connectivity index (χ0) is 13.1. The van der Waals surface area contributed by atoms with Gasteiger partial charge in [0.1, 0.15) is 5.56 Å². The van der Waals surface area contributed by atoms with E-state index >= 15 is 0 Å². The van der Waals surface area contributed by atoms with Gasteiger partial charge in [-0.15, -0.1) is 0 Å². The van der Waals surface area contributed by atoms with Gasteiger partial charge in [-0.2, -0.15) is 0 Å². The molecule has 2 atom stereocenters. The van der Waals surface area contributed by atoms with E-state index in [1.54, 1.807) is 13.0 Å². The van der Waals surface area contributed by atoms with Crippen molar-refractivity contribution in [3.63, 3.8) is 0 Å². The SMILES string of the molecule is Cc1ccc(C(=O)N[C@H]2CCCC[C@@H]2O)c(=O)[nH]1. The molecule has 1 aliphatic rings. The Kier molecular flexibility index (Phi) is 3.81. The number of amides is 1. The molecule has 1 heterocycles. The molecule has 18 heavy (non-hydrogen) atoms. The zero-order valence-corrected chi connectivity index (χ0v) is 10.4. The molecule has 98 valence electrons. The molecule has 1 amide bonds. The Bertz CT molecular complexity index is 495. The van der Waals surface area contributed by atoms with Crippen molar-refractivity contribution in [1.82, 2.24) is 10.3 Å². The number of hydrogen-bond acceptors (Lipinski definition) is 3. The molecule has 1 saturated carbocycles. The smallest absolute Gasteiger partial charge is 0.260 e. The predicted molar refractivity (Wildman–Crippen MR) is 67.5 cm³/mol. The minimum Gasteiger partial charge on any atom is -0.391 e. The molecule has 0 aliphatic heterocycles. The number of pyridine rings is 1. The Morgan fingerprint density at radius 2 is 2.11 bits per heavy atom. The number of carbonyl (C=O) groups is 1. The van der Waals surface area contributed by atoms with Crippen molar-refractivity contribution in [2.45, 2.75) is 44.8 Å². The maximum absolute atomic E-state index is 11.9. The summed E-state index contributed by atoms with van der Waals surface area (Å²) in [6.07, 6.45) is 2.93. The number of aromatic amines is 1. The van der Waals surface area contributed by atoms with Gasteiger partial charge in [0.05, 0.1) is 12.1 Å². The third-order valence-corrected chi connectivity index (χ3v) is 3.35. The van der Waals surface area contributed by atoms with Gasteiger partial charge >= 0.3 is 0 Å². The monoisotopic (exact) mass is 250 g/mol. The molecular weight excluding hydrogens is 232 g/mol. The summed E-state index contributed by atoms with van der Waals surface area (Å²) >= 11 is 0. The summed E-state index contributed by atoms with van der Waals surface area (Å²) in [6.45, 7) is 1.76. The zero-order valence-electron chi connectivity index (χ0n) is 10.4. The molecule has 5 heteroatoms. The molecule has 0 aromatic carbocycles. The van der Waals surface area contributed by atoms with Gasteiger partial charge in [0, 0.05) is 5.69 Å². The number of carbonyl (C=O) groups excluding carboxylic acids is 1. The van der Waals surface area contributed by atoms with Crippen LogP contribution in [0.3, 0.4) is 0 Å². The first-order valence-electron chi connectivity index (χ1n) is 6.27. The van der Waals surface area contributed by atoms with Crippen LogP contribution in [0.15, 0.2) is 16.9 Å². The van der Waals surface area contributed by atoms with Gasteiger partial charge in [-0.05, 0) is 31.9 Å². The maximum atomic E-state index is 11.9. The van der Waals surface area contributed by atoms with Crippen LogP contribution in [0.25, 0.3) is 0 Å². The standard InChI is InChI=1S/C13H18N2O3/c1-8-6-7-9(12(17)14-8)13(18)15-10-4-2-3-5-11(10)16/h6-7,10-11,16H,2-5H2,1H3,(H,14,17)(H,15,18)/t10-,11-/m0/s1. The van der Waals surface area contributed by atoms with E-state index in [-0.39, 0.29) is 11.6 Å². The Labute approximate surface area is 105 Å². The molecule has 0 unspecified atom stereocenters. The van der Waals surface area contributed by atoms with Crippen LogP contribution in [0.4, 0.5) is 0 Å². The van der Waals surface area contributed by atoms with E-state index in [0.717, 1.165) is 19.3 Å². The number of aryl methyl sites for hydroxylation is 1. The largest absolute Gasteiger partial charge is 0.391 e. The molecule has 0 spiro atoms. The lowest BCUT2D eigenvalue weighted by Gasteiger charge is -2.28. The van der Waals surface area contributed by atoms with Crippen LogP contribution >= 0.6 is 0 Å². The Hall–Kier alpha value is -1.62. The molecule has 0 saturated heterocycles. The predicted octanol–water partition coefficient (Wildman–Crippen LogP) is 0.717. The molecular formula is C13H18N2O3. The van der Waals surface area contributed by atoms with Crippen molar-refractivity contribution < 1.29 is 9.90 Å². The first kappa shape index (κ1) is 12.8. The van der Waals surface area contributed by atoms with E-state index in [9.17, 15) is 14.7 Å². The molecule has 0 bridgehead atoms. The Morgan fingerprint density at radius 3 is 2.78 bits per heavy atom. The average molecular weight is 250 g/mol. The van der Waals surface area contributed by atoms with Gasteiger partial charge in [-0.1, -0.05) is 12.8 Å². The first-order chi connectivity index (χ1) is 8.58. The second-order valence-corrected chi connectivity index (χ2v) is 4.82. The minimum absolute atomic E-state index is 0.0957. The normalized spacial score (nSPS) is 23.7. The van der Waals surface area contributed by atoms with Crippen LogP contribution in [-0.4, -0.2) is 28.1 Å². The summed E-state index contributed by atoms with van der Waals surface area (Å²) in [4.78, 5) is 26.2. The van der Waals surface area contributed by atoms with E-state index in [2.05, 4.69) is 10.3 Å². The van der Waals surface area contributed by atoms with Crippen molar-refractivity contribution in [2.24, 2.45) is 0 Å². The fraction of sp³-hybridized carbons (Fsp3) is 0.538. The van der Waals surface area contributed by atoms with Crippen molar-refractivity contribution >= 4 is 5.91 Å². The van der Waals surface area contributed by atoms with Gasteiger partial charge in [0.15, 0.2) is 0 Å². The number of aliphatic hydroxyl groups is 1. The second kappa shape index (κ2) is 5.35. The molecule has 1 aliphatic carbocycles. The van der Waals surface area contributed by atoms with Gasteiger partial charge in [0.2, 0.25) is 0 Å². The lowest BCUT2D eigenvalue weighted by Crippen LogP contribution is -2.46. The Morgan fingerprint density at radius 1 is 1.39 bits per heavy atom. The van der Waals surface area contributed by atoms with Crippen LogP contribution in [-0.2, 0) is 0 Å². The minimum atomic E-state index is -0.507. The molecule has 5 nitrogen and oxygen atoms in total. The first-order valence-corrected chi connectivity index (χ1v) is 6.27. The molecule has 1 aromatic rings. The second-order valence-electron chi connectivity index (χ2n) is 4.82. The van der Waals surface area contributed by atoms with E-state index in [0.29, 0.717) is 12.1 Å². The van der Waals surface area contributed by atoms with Gasteiger partial charge < -0.3 is 15.4 Å². The molecule has 0 radical (unpaired) electrons. The average Bonchev–Trinajstić information content (AvgIpc) is 2.32. The van der Waals surface area contributed by atoms with E-state index in [1.165, 1.54) is 6.07 Å². The van der Waals surface area contributed by atoms with Gasteiger partial charge in [-0.3, -0.25) is 9.59 Å². The molecule has 1 aromatic heterocycles. The number of aliphatic hydroxyl groups excluding tert-OH is 1. The quantitative estimate of drug-likeness (QED) is 0.723. The lowest BCUT2D eigenvalue weighted by atomic mass is 9.92. The van der Waals surface area contributed by atoms with Gasteiger partial charge in [-0.25, -0.2) is 0 Å². The van der Waals surface area contributed by atoms with Gasteiger partial charge in [0.25, 0.3) is 11.5 Å². The summed E-state index contributed by atoms with van der Waals surface area (Å²) in [7, 11) is 0. The fourth-order valence-electron chi connectivity index (χ4n) is 2.28. The van der Waals surface area contributed by atoms with Crippen LogP contribution < -0.4 is 10.9 Å². The lowest BCUT2D eigenvalue weighted by molar-refractivity contribution is 0.0716. The summed E-state index contributed by atoms with van der Waals surface area (Å²) in [5.74, 6) is -0.415. The third kappa shape index (κ3) is 2.79. The van der Waals surface area contributed by atoms with E-state index < -0.39 is 17.6 Å². The van der Waals surface area contributed by atoms with E-state index in [1.807, 2.05) is 0 Å². The number of rotatable bonds is 2. The Balaban J connectivity index is 2.09. The highest BCUT2D eigenvalue weighted by Crippen LogP contribution is 2.18. The highest BCUT2D eigenvalue weighted by Gasteiger charge is 2.25. The van der Waals surface area contributed by atoms with Crippen LogP contribution in [0.1, 0.15) is 41.7 Å². The fourth-order valence-corrected chi connectivity index (χ4v) is 2.28. The summed E-state index contributed by atoms with van der Waals surface area (Å²) in [6, 6.07) is 2.96. The summed E-state index contributed by atoms with van der Waals surface area (Å²) < 4.78 is 0. The topological polar surface area (TPSA) is 82.2 Å². The number of hydrogen-bond donors (Lipinski definition) is 3. The molecule has 3 N–H and O–H groups in total. The van der Waals surface area contributed by atoms with Crippen molar-refractivity contribution in [2.75, 3.05) is 0 Å². The van der Waals surface area contributed by atoms with Crippen molar-refractivity contribution in [1.29, 1.82) is 0 Å². The van der Waals surface area contributed by atoms with E-state index in [4.69, 9.17) is 0 Å². The van der Waals surface area contributed by atoms with Crippen LogP contribution in [0, 0.1) is 6.92 Å². The summed E-state index contributed by atoms with van der Waals surface area (Å²) in [5.41, 5.74) is 0.422. The van der Waals surface area contributed by atoms with Crippen LogP contribution in [0.5, 0.6) is 0 Å². The highest BCUT2D eigenvalue weighted by molar-refractivity contribution is 5.94. The maximum Gasteiger partial charge on any atom is 0.260 e. The molecule has 2 rings (SSSR count). The number of H-pyrrole nitrogens is 1. The van der Waals surface area contributed by atoms with Crippen molar-refractivity contribution in [3.8, 4) is 0 Å². The number of nitrogens with one attached hydrogen (secondary N) is 2. The molecule has 1 fully saturated rings.